The molecule has 0 fully saturated rings. The lowest BCUT2D eigenvalue weighted by atomic mass is 10.2. The minimum absolute atomic E-state index is 0.239. The molecule has 3 aromatic rings. The standard InChI is InChI=1S/C21H15Cl3N2O3/c22-13-8-9-19(18(24)10-13)29-12-20(27)25-14-4-3-5-15(11-14)26-21(28)16-6-1-2-7-17(16)23/h1-11H,12H2,(H,25,27)(H,26,28). The van der Waals surface area contributed by atoms with Gasteiger partial charge in [-0.05, 0) is 48.5 Å². The van der Waals surface area contributed by atoms with Crippen molar-refractivity contribution in [3.05, 3.63) is 87.4 Å². The SMILES string of the molecule is O=C(COc1ccc(Cl)cc1Cl)Nc1cccc(NC(=O)c2ccccc2Cl)c1. The lowest BCUT2D eigenvalue weighted by molar-refractivity contribution is -0.118. The Hall–Kier alpha value is -2.73. The molecule has 3 aromatic carbocycles. The second-order valence-electron chi connectivity index (χ2n) is 5.93. The molecule has 8 heteroatoms. The monoisotopic (exact) mass is 448 g/mol. The molecule has 148 valence electrons. The summed E-state index contributed by atoms with van der Waals surface area (Å²) in [4.78, 5) is 24.5. The van der Waals surface area contributed by atoms with Crippen LogP contribution in [0, 0.1) is 0 Å². The average molecular weight is 450 g/mol. The summed E-state index contributed by atoms with van der Waals surface area (Å²) < 4.78 is 5.40. The molecule has 2 N–H and O–H groups in total. The van der Waals surface area contributed by atoms with E-state index in [1.54, 1.807) is 60.7 Å². The molecule has 0 bridgehead atoms. The van der Waals surface area contributed by atoms with Crippen molar-refractivity contribution in [2.24, 2.45) is 0 Å². The first kappa shape index (κ1) is 21.0. The molecule has 0 saturated carbocycles. The number of rotatable bonds is 6. The van der Waals surface area contributed by atoms with Crippen LogP contribution in [0.1, 0.15) is 10.4 Å². The van der Waals surface area contributed by atoms with Gasteiger partial charge in [0, 0.05) is 16.4 Å². The van der Waals surface area contributed by atoms with Gasteiger partial charge in [0.15, 0.2) is 6.61 Å². The number of hydrogen-bond donors (Lipinski definition) is 2. The van der Waals surface area contributed by atoms with Gasteiger partial charge in [0.1, 0.15) is 5.75 Å². The van der Waals surface area contributed by atoms with Gasteiger partial charge in [-0.15, -0.1) is 0 Å². The van der Waals surface area contributed by atoms with E-state index >= 15 is 0 Å². The molecule has 0 unspecified atom stereocenters. The van der Waals surface area contributed by atoms with Crippen LogP contribution in [0.3, 0.4) is 0 Å². The topological polar surface area (TPSA) is 67.4 Å². The molecule has 0 aliphatic rings. The van der Waals surface area contributed by atoms with Crippen LogP contribution in [0.5, 0.6) is 5.75 Å². The fraction of sp³-hybridized carbons (Fsp3) is 0.0476. The number of ether oxygens (including phenoxy) is 1. The number of hydrogen-bond acceptors (Lipinski definition) is 3. The summed E-state index contributed by atoms with van der Waals surface area (Å²) in [6.45, 7) is -0.239. The first-order valence-corrected chi connectivity index (χ1v) is 9.59. The predicted molar refractivity (Wildman–Crippen MR) is 116 cm³/mol. The van der Waals surface area contributed by atoms with Crippen LogP contribution >= 0.6 is 34.8 Å². The third kappa shape index (κ3) is 5.87. The summed E-state index contributed by atoms with van der Waals surface area (Å²) >= 11 is 17.9. The molecule has 5 nitrogen and oxygen atoms in total. The summed E-state index contributed by atoms with van der Waals surface area (Å²) in [6.07, 6.45) is 0. The van der Waals surface area contributed by atoms with E-state index in [0.29, 0.717) is 37.8 Å². The number of nitrogens with one attached hydrogen (secondary N) is 2. The Balaban J connectivity index is 1.60. The highest BCUT2D eigenvalue weighted by Crippen LogP contribution is 2.27. The molecule has 29 heavy (non-hydrogen) atoms. The fourth-order valence-corrected chi connectivity index (χ4v) is 3.14. The molecule has 2 amide bonds. The van der Waals surface area contributed by atoms with E-state index in [9.17, 15) is 9.59 Å². The van der Waals surface area contributed by atoms with Crippen molar-refractivity contribution in [3.63, 3.8) is 0 Å². The van der Waals surface area contributed by atoms with Crippen molar-refractivity contribution < 1.29 is 14.3 Å². The maximum absolute atomic E-state index is 12.4. The molecule has 0 radical (unpaired) electrons. The third-order valence-electron chi connectivity index (χ3n) is 3.78. The lowest BCUT2D eigenvalue weighted by Gasteiger charge is -2.11. The van der Waals surface area contributed by atoms with Crippen LogP contribution in [0.15, 0.2) is 66.7 Å². The number of carbonyl (C=O) groups is 2. The molecule has 0 aliphatic heterocycles. The van der Waals surface area contributed by atoms with E-state index in [1.165, 1.54) is 6.07 Å². The summed E-state index contributed by atoms with van der Waals surface area (Å²) in [5.74, 6) is -0.377. The van der Waals surface area contributed by atoms with Crippen molar-refractivity contribution in [1.82, 2.24) is 0 Å². The summed E-state index contributed by atoms with van der Waals surface area (Å²) in [6, 6.07) is 18.2. The second-order valence-corrected chi connectivity index (χ2v) is 7.18. The van der Waals surface area contributed by atoms with E-state index in [-0.39, 0.29) is 18.4 Å². The van der Waals surface area contributed by atoms with E-state index in [2.05, 4.69) is 10.6 Å². The van der Waals surface area contributed by atoms with Gasteiger partial charge in [0.2, 0.25) is 0 Å². The van der Waals surface area contributed by atoms with Crippen LogP contribution in [-0.2, 0) is 4.79 Å². The zero-order chi connectivity index (χ0) is 20.8. The molecule has 0 spiro atoms. The van der Waals surface area contributed by atoms with Crippen LogP contribution in [0.25, 0.3) is 0 Å². The van der Waals surface area contributed by atoms with Crippen molar-refractivity contribution in [3.8, 4) is 5.75 Å². The van der Waals surface area contributed by atoms with Gasteiger partial charge in [-0.25, -0.2) is 0 Å². The third-order valence-corrected chi connectivity index (χ3v) is 4.64. The first-order valence-electron chi connectivity index (χ1n) is 8.46. The van der Waals surface area contributed by atoms with Crippen molar-refractivity contribution >= 4 is 58.0 Å². The van der Waals surface area contributed by atoms with E-state index in [4.69, 9.17) is 39.5 Å². The molecular weight excluding hydrogens is 435 g/mol. The maximum atomic E-state index is 12.4. The number of benzene rings is 3. The van der Waals surface area contributed by atoms with Crippen LogP contribution in [0.2, 0.25) is 15.1 Å². The first-order chi connectivity index (χ1) is 13.9. The summed E-state index contributed by atoms with van der Waals surface area (Å²) in [7, 11) is 0. The molecule has 0 aliphatic carbocycles. The van der Waals surface area contributed by atoms with Crippen LogP contribution in [0.4, 0.5) is 11.4 Å². The molecule has 0 saturated heterocycles. The Bertz CT molecular complexity index is 1060. The van der Waals surface area contributed by atoms with Crippen molar-refractivity contribution in [2.45, 2.75) is 0 Å². The lowest BCUT2D eigenvalue weighted by Crippen LogP contribution is -2.20. The smallest absolute Gasteiger partial charge is 0.262 e. The zero-order valence-electron chi connectivity index (χ0n) is 14.9. The number of carbonyl (C=O) groups excluding carboxylic acids is 2. The number of anilines is 2. The molecule has 0 heterocycles. The Kier molecular flexibility index (Phi) is 6.99. The second kappa shape index (κ2) is 9.65. The zero-order valence-corrected chi connectivity index (χ0v) is 17.2. The Morgan fingerprint density at radius 2 is 1.52 bits per heavy atom. The Morgan fingerprint density at radius 1 is 0.793 bits per heavy atom. The van der Waals surface area contributed by atoms with Crippen LogP contribution in [-0.4, -0.2) is 18.4 Å². The number of amides is 2. The van der Waals surface area contributed by atoms with Gasteiger partial charge < -0.3 is 15.4 Å². The molecule has 3 rings (SSSR count). The highest BCUT2D eigenvalue weighted by Gasteiger charge is 2.11. The van der Waals surface area contributed by atoms with E-state index < -0.39 is 0 Å². The molecule has 0 atom stereocenters. The van der Waals surface area contributed by atoms with Gasteiger partial charge in [-0.3, -0.25) is 9.59 Å². The summed E-state index contributed by atoms with van der Waals surface area (Å²) in [5.41, 5.74) is 1.36. The Labute approximate surface area is 182 Å². The molecule has 0 aromatic heterocycles. The van der Waals surface area contributed by atoms with Gasteiger partial charge >= 0.3 is 0 Å². The normalized spacial score (nSPS) is 10.3. The minimum atomic E-state index is -0.384. The highest BCUT2D eigenvalue weighted by atomic mass is 35.5. The quantitative estimate of drug-likeness (QED) is 0.491. The summed E-state index contributed by atoms with van der Waals surface area (Å²) in [5, 5.41) is 6.59. The van der Waals surface area contributed by atoms with E-state index in [0.717, 1.165) is 0 Å². The van der Waals surface area contributed by atoms with E-state index in [1.807, 2.05) is 0 Å². The maximum Gasteiger partial charge on any atom is 0.262 e. The molecular formula is C21H15Cl3N2O3. The van der Waals surface area contributed by atoms with Crippen molar-refractivity contribution in [1.29, 1.82) is 0 Å². The van der Waals surface area contributed by atoms with Crippen molar-refractivity contribution in [2.75, 3.05) is 17.2 Å². The predicted octanol–water partition coefficient (Wildman–Crippen LogP) is 5.92. The Morgan fingerprint density at radius 3 is 2.24 bits per heavy atom. The average Bonchev–Trinajstić information content (AvgIpc) is 2.68. The van der Waals surface area contributed by atoms with Crippen LogP contribution < -0.4 is 15.4 Å². The number of halogens is 3. The van der Waals surface area contributed by atoms with Gasteiger partial charge in [-0.2, -0.15) is 0 Å². The van der Waals surface area contributed by atoms with Gasteiger partial charge in [-0.1, -0.05) is 53.0 Å². The minimum Gasteiger partial charge on any atom is -0.482 e. The van der Waals surface area contributed by atoms with Gasteiger partial charge in [0.25, 0.3) is 11.8 Å². The highest BCUT2D eigenvalue weighted by molar-refractivity contribution is 6.35. The largest absolute Gasteiger partial charge is 0.482 e. The van der Waals surface area contributed by atoms with Gasteiger partial charge in [0.05, 0.1) is 15.6 Å². The fourth-order valence-electron chi connectivity index (χ4n) is 2.45.